The fourth-order valence-corrected chi connectivity index (χ4v) is 4.91. The number of nitrogens with one attached hydrogen (secondary N) is 1. The summed E-state index contributed by atoms with van der Waals surface area (Å²) in [5.41, 5.74) is 0. The molecule has 0 spiro atoms. The lowest BCUT2D eigenvalue weighted by Crippen LogP contribution is -2.53. The summed E-state index contributed by atoms with van der Waals surface area (Å²) < 4.78 is 0. The Hall–Kier alpha value is -0.220. The first kappa shape index (κ1) is 11.8. The van der Waals surface area contributed by atoms with Crippen LogP contribution >= 0.6 is 11.8 Å². The van der Waals surface area contributed by atoms with Crippen molar-refractivity contribution in [2.24, 2.45) is 5.92 Å². The van der Waals surface area contributed by atoms with Crippen LogP contribution < -0.4 is 5.32 Å². The Morgan fingerprint density at radius 1 is 1.24 bits per heavy atom. The van der Waals surface area contributed by atoms with Gasteiger partial charge in [0.25, 0.3) is 0 Å². The Morgan fingerprint density at radius 2 is 2.12 bits per heavy atom. The SMILES string of the molecule is O=C(C1CCNC1)N1CCSC2CCCCC21. The lowest BCUT2D eigenvalue weighted by molar-refractivity contribution is -0.137. The second-order valence-corrected chi connectivity index (χ2v) is 6.83. The van der Waals surface area contributed by atoms with Crippen LogP contribution in [0.1, 0.15) is 32.1 Å². The van der Waals surface area contributed by atoms with E-state index in [1.54, 1.807) is 0 Å². The number of thioether (sulfide) groups is 1. The molecule has 2 saturated heterocycles. The third-order valence-corrected chi connectivity index (χ3v) is 5.82. The van der Waals surface area contributed by atoms with Gasteiger partial charge in [-0.2, -0.15) is 11.8 Å². The number of fused-ring (bicyclic) bond motifs is 1. The zero-order chi connectivity index (χ0) is 11.7. The van der Waals surface area contributed by atoms with E-state index in [1.807, 2.05) is 0 Å². The number of carbonyl (C=O) groups is 1. The summed E-state index contributed by atoms with van der Waals surface area (Å²) in [6.07, 6.45) is 6.28. The molecule has 4 heteroatoms. The summed E-state index contributed by atoms with van der Waals surface area (Å²) in [7, 11) is 0. The molecule has 3 fully saturated rings. The third kappa shape index (κ3) is 2.34. The second kappa shape index (κ2) is 5.19. The van der Waals surface area contributed by atoms with Crippen molar-refractivity contribution in [3.05, 3.63) is 0 Å². The molecule has 3 aliphatic rings. The Kier molecular flexibility index (Phi) is 3.61. The van der Waals surface area contributed by atoms with Crippen LogP contribution in [0.2, 0.25) is 0 Å². The van der Waals surface area contributed by atoms with Crippen molar-refractivity contribution in [1.29, 1.82) is 0 Å². The molecule has 96 valence electrons. The van der Waals surface area contributed by atoms with E-state index in [-0.39, 0.29) is 5.92 Å². The first-order valence-corrected chi connectivity index (χ1v) is 8.04. The summed E-state index contributed by atoms with van der Waals surface area (Å²) in [6.45, 7) is 2.91. The van der Waals surface area contributed by atoms with Crippen LogP contribution in [0.15, 0.2) is 0 Å². The number of nitrogens with zero attached hydrogens (tertiary/aromatic N) is 1. The van der Waals surface area contributed by atoms with Gasteiger partial charge in [-0.25, -0.2) is 0 Å². The molecule has 1 saturated carbocycles. The van der Waals surface area contributed by atoms with Gasteiger partial charge in [0.15, 0.2) is 0 Å². The molecule has 1 N–H and O–H groups in total. The molecule has 3 unspecified atom stereocenters. The minimum absolute atomic E-state index is 0.265. The summed E-state index contributed by atoms with van der Waals surface area (Å²) in [4.78, 5) is 14.8. The van der Waals surface area contributed by atoms with E-state index >= 15 is 0 Å². The molecule has 3 nitrogen and oxygen atoms in total. The molecule has 2 heterocycles. The standard InChI is InChI=1S/C13H22N2OS/c16-13(10-5-6-14-9-10)15-7-8-17-12-4-2-1-3-11(12)15/h10-12,14H,1-9H2. The smallest absolute Gasteiger partial charge is 0.227 e. The van der Waals surface area contributed by atoms with Crippen molar-refractivity contribution in [2.45, 2.75) is 43.4 Å². The molecule has 3 rings (SSSR count). The molecule has 2 aliphatic heterocycles. The van der Waals surface area contributed by atoms with Gasteiger partial charge in [0.1, 0.15) is 0 Å². The van der Waals surface area contributed by atoms with E-state index in [4.69, 9.17) is 0 Å². The average Bonchev–Trinajstić information content (AvgIpc) is 2.91. The van der Waals surface area contributed by atoms with Gasteiger partial charge in [0, 0.05) is 30.1 Å². The number of rotatable bonds is 1. The first-order chi connectivity index (χ1) is 8.36. The molecular weight excluding hydrogens is 232 g/mol. The van der Waals surface area contributed by atoms with Crippen LogP contribution in [0.25, 0.3) is 0 Å². The van der Waals surface area contributed by atoms with E-state index in [0.717, 1.165) is 37.1 Å². The van der Waals surface area contributed by atoms with Crippen LogP contribution in [0.5, 0.6) is 0 Å². The Balaban J connectivity index is 1.69. The van der Waals surface area contributed by atoms with Crippen molar-refractivity contribution in [3.63, 3.8) is 0 Å². The van der Waals surface area contributed by atoms with Crippen molar-refractivity contribution < 1.29 is 4.79 Å². The molecule has 1 amide bonds. The topological polar surface area (TPSA) is 32.3 Å². The average molecular weight is 254 g/mol. The number of carbonyl (C=O) groups excluding carboxylic acids is 1. The molecular formula is C13H22N2OS. The molecule has 1 aliphatic carbocycles. The van der Waals surface area contributed by atoms with Gasteiger partial charge >= 0.3 is 0 Å². The molecule has 3 atom stereocenters. The van der Waals surface area contributed by atoms with Gasteiger partial charge in [-0.1, -0.05) is 12.8 Å². The molecule has 0 bridgehead atoms. The summed E-state index contributed by atoms with van der Waals surface area (Å²) in [6, 6.07) is 0.551. The molecule has 17 heavy (non-hydrogen) atoms. The van der Waals surface area contributed by atoms with E-state index in [0.29, 0.717) is 11.9 Å². The Bertz CT molecular complexity index is 289. The van der Waals surface area contributed by atoms with Gasteiger partial charge < -0.3 is 10.2 Å². The van der Waals surface area contributed by atoms with Crippen LogP contribution in [0.4, 0.5) is 0 Å². The molecule has 0 aromatic carbocycles. The highest BCUT2D eigenvalue weighted by Gasteiger charge is 2.38. The maximum Gasteiger partial charge on any atom is 0.227 e. The first-order valence-electron chi connectivity index (χ1n) is 6.99. The monoisotopic (exact) mass is 254 g/mol. The quantitative estimate of drug-likeness (QED) is 0.769. The van der Waals surface area contributed by atoms with Crippen LogP contribution in [0.3, 0.4) is 0 Å². The molecule has 0 aromatic heterocycles. The van der Waals surface area contributed by atoms with Crippen molar-refractivity contribution in [2.75, 3.05) is 25.4 Å². The third-order valence-electron chi connectivity index (χ3n) is 4.42. The highest BCUT2D eigenvalue weighted by Crippen LogP contribution is 2.36. The van der Waals surface area contributed by atoms with Crippen molar-refractivity contribution in [1.82, 2.24) is 10.2 Å². The van der Waals surface area contributed by atoms with E-state index in [2.05, 4.69) is 22.0 Å². The lowest BCUT2D eigenvalue weighted by atomic mass is 9.92. The maximum atomic E-state index is 12.5. The van der Waals surface area contributed by atoms with Gasteiger partial charge in [0.2, 0.25) is 5.91 Å². The van der Waals surface area contributed by atoms with E-state index in [1.165, 1.54) is 25.7 Å². The summed E-state index contributed by atoms with van der Waals surface area (Å²) in [5, 5.41) is 4.04. The largest absolute Gasteiger partial charge is 0.337 e. The van der Waals surface area contributed by atoms with Crippen LogP contribution in [-0.4, -0.2) is 47.5 Å². The highest BCUT2D eigenvalue weighted by atomic mass is 32.2. The summed E-state index contributed by atoms with van der Waals surface area (Å²) in [5.74, 6) is 1.85. The van der Waals surface area contributed by atoms with E-state index in [9.17, 15) is 4.79 Å². The molecule has 0 radical (unpaired) electrons. The zero-order valence-corrected chi connectivity index (χ0v) is 11.2. The van der Waals surface area contributed by atoms with Gasteiger partial charge in [0.05, 0.1) is 5.92 Å². The Labute approximate surface area is 108 Å². The minimum Gasteiger partial charge on any atom is -0.337 e. The van der Waals surface area contributed by atoms with Gasteiger partial charge in [-0.05, 0) is 25.8 Å². The zero-order valence-electron chi connectivity index (χ0n) is 10.4. The van der Waals surface area contributed by atoms with Crippen molar-refractivity contribution in [3.8, 4) is 0 Å². The maximum absolute atomic E-state index is 12.5. The minimum atomic E-state index is 0.265. The normalized spacial score (nSPS) is 37.9. The van der Waals surface area contributed by atoms with Gasteiger partial charge in [-0.3, -0.25) is 4.79 Å². The van der Waals surface area contributed by atoms with Crippen LogP contribution in [-0.2, 0) is 4.79 Å². The fraction of sp³-hybridized carbons (Fsp3) is 0.923. The number of amides is 1. The second-order valence-electron chi connectivity index (χ2n) is 5.48. The highest BCUT2D eigenvalue weighted by molar-refractivity contribution is 8.00. The Morgan fingerprint density at radius 3 is 2.94 bits per heavy atom. The predicted molar refractivity (Wildman–Crippen MR) is 71.2 cm³/mol. The molecule has 0 aromatic rings. The van der Waals surface area contributed by atoms with E-state index < -0.39 is 0 Å². The predicted octanol–water partition coefficient (Wildman–Crippen LogP) is 1.48. The van der Waals surface area contributed by atoms with Crippen molar-refractivity contribution >= 4 is 17.7 Å². The van der Waals surface area contributed by atoms with Gasteiger partial charge in [-0.15, -0.1) is 0 Å². The lowest BCUT2D eigenvalue weighted by Gasteiger charge is -2.44. The number of hydrogen-bond acceptors (Lipinski definition) is 3. The fourth-order valence-electron chi connectivity index (χ4n) is 3.47. The summed E-state index contributed by atoms with van der Waals surface area (Å²) >= 11 is 2.10. The van der Waals surface area contributed by atoms with Crippen LogP contribution in [0, 0.1) is 5.92 Å². The number of hydrogen-bond donors (Lipinski definition) is 1.